The molecule has 2 aliphatic carbocycles. The summed E-state index contributed by atoms with van der Waals surface area (Å²) in [6.45, 7) is 0.652. The molecule has 0 aliphatic heterocycles. The SMILES string of the molecule is O=C(NCC1(CO)CC1)C1(c2cccc(F)c2)CCCC1. The molecule has 4 heteroatoms. The quantitative estimate of drug-likeness (QED) is 0.876. The second-order valence-electron chi connectivity index (χ2n) is 6.64. The molecule has 114 valence electrons. The van der Waals surface area contributed by atoms with E-state index < -0.39 is 5.41 Å². The van der Waals surface area contributed by atoms with Crippen LogP contribution in [0, 0.1) is 11.2 Å². The normalized spacial score (nSPS) is 22.0. The van der Waals surface area contributed by atoms with Gasteiger partial charge in [-0.1, -0.05) is 25.0 Å². The van der Waals surface area contributed by atoms with Crippen molar-refractivity contribution in [2.75, 3.05) is 13.2 Å². The molecule has 0 heterocycles. The minimum Gasteiger partial charge on any atom is -0.396 e. The van der Waals surface area contributed by atoms with Crippen LogP contribution in [0.25, 0.3) is 0 Å². The maximum Gasteiger partial charge on any atom is 0.230 e. The fourth-order valence-corrected chi connectivity index (χ4v) is 3.42. The summed E-state index contributed by atoms with van der Waals surface area (Å²) in [4.78, 5) is 12.8. The Morgan fingerprint density at radius 1 is 1.24 bits per heavy atom. The first-order valence-corrected chi connectivity index (χ1v) is 7.76. The van der Waals surface area contributed by atoms with Gasteiger partial charge in [0, 0.05) is 12.0 Å². The standard InChI is InChI=1S/C17H22FNO2/c18-14-5-3-4-13(10-14)17(6-1-2-7-17)15(21)19-11-16(12-20)8-9-16/h3-5,10,20H,1-2,6-9,11-12H2,(H,19,21). The van der Waals surface area contributed by atoms with Gasteiger partial charge in [0.2, 0.25) is 5.91 Å². The zero-order valence-electron chi connectivity index (χ0n) is 12.2. The summed E-state index contributed by atoms with van der Waals surface area (Å²) < 4.78 is 13.5. The van der Waals surface area contributed by atoms with Crippen molar-refractivity contribution in [3.63, 3.8) is 0 Å². The molecule has 2 N–H and O–H groups in total. The molecule has 0 radical (unpaired) electrons. The first kappa shape index (κ1) is 14.5. The summed E-state index contributed by atoms with van der Waals surface area (Å²) >= 11 is 0. The number of aliphatic hydroxyl groups excluding tert-OH is 1. The Labute approximate surface area is 124 Å². The summed E-state index contributed by atoms with van der Waals surface area (Å²) in [5, 5.41) is 12.4. The third-order valence-corrected chi connectivity index (χ3v) is 5.19. The Hall–Kier alpha value is -1.42. The number of hydrogen-bond donors (Lipinski definition) is 2. The van der Waals surface area contributed by atoms with E-state index in [9.17, 15) is 14.3 Å². The minimum absolute atomic E-state index is 0.00896. The van der Waals surface area contributed by atoms with E-state index in [0.29, 0.717) is 6.54 Å². The van der Waals surface area contributed by atoms with Gasteiger partial charge >= 0.3 is 0 Å². The van der Waals surface area contributed by atoms with E-state index in [-0.39, 0.29) is 23.7 Å². The van der Waals surface area contributed by atoms with Crippen LogP contribution in [0.2, 0.25) is 0 Å². The number of carbonyl (C=O) groups is 1. The van der Waals surface area contributed by atoms with Crippen LogP contribution >= 0.6 is 0 Å². The summed E-state index contributed by atoms with van der Waals surface area (Å²) in [7, 11) is 0. The Kier molecular flexibility index (Phi) is 3.74. The number of carbonyl (C=O) groups excluding carboxylic acids is 1. The lowest BCUT2D eigenvalue weighted by Crippen LogP contribution is -2.45. The third-order valence-electron chi connectivity index (χ3n) is 5.19. The first-order valence-electron chi connectivity index (χ1n) is 7.76. The first-order chi connectivity index (χ1) is 10.1. The molecule has 3 nitrogen and oxygen atoms in total. The average Bonchev–Trinajstić information content (AvgIpc) is 3.10. The van der Waals surface area contributed by atoms with Crippen molar-refractivity contribution < 1.29 is 14.3 Å². The van der Waals surface area contributed by atoms with Crippen molar-refractivity contribution in [2.24, 2.45) is 5.41 Å². The van der Waals surface area contributed by atoms with E-state index in [2.05, 4.69) is 5.32 Å². The van der Waals surface area contributed by atoms with E-state index in [4.69, 9.17) is 0 Å². The zero-order chi connectivity index (χ0) is 14.9. The highest BCUT2D eigenvalue weighted by molar-refractivity contribution is 5.88. The van der Waals surface area contributed by atoms with Gasteiger partial charge in [-0.05, 0) is 43.4 Å². The lowest BCUT2D eigenvalue weighted by molar-refractivity contribution is -0.127. The highest BCUT2D eigenvalue weighted by Gasteiger charge is 2.46. The smallest absolute Gasteiger partial charge is 0.230 e. The van der Waals surface area contributed by atoms with E-state index in [1.807, 2.05) is 6.07 Å². The maximum atomic E-state index is 13.5. The largest absolute Gasteiger partial charge is 0.396 e. The number of amides is 1. The topological polar surface area (TPSA) is 49.3 Å². The fraction of sp³-hybridized carbons (Fsp3) is 0.588. The molecule has 21 heavy (non-hydrogen) atoms. The van der Waals surface area contributed by atoms with Crippen molar-refractivity contribution in [2.45, 2.75) is 43.9 Å². The predicted octanol–water partition coefficient (Wildman–Crippen LogP) is 2.53. The lowest BCUT2D eigenvalue weighted by Gasteiger charge is -2.29. The van der Waals surface area contributed by atoms with Crippen LogP contribution in [0.3, 0.4) is 0 Å². The van der Waals surface area contributed by atoms with Gasteiger partial charge in [0.05, 0.1) is 12.0 Å². The van der Waals surface area contributed by atoms with Crippen LogP contribution in [0.4, 0.5) is 4.39 Å². The van der Waals surface area contributed by atoms with Crippen LogP contribution < -0.4 is 5.32 Å². The monoisotopic (exact) mass is 291 g/mol. The molecule has 1 aromatic rings. The number of rotatable bonds is 5. The van der Waals surface area contributed by atoms with E-state index in [1.165, 1.54) is 12.1 Å². The van der Waals surface area contributed by atoms with Crippen LogP contribution in [-0.2, 0) is 10.2 Å². The zero-order valence-corrected chi connectivity index (χ0v) is 12.2. The van der Waals surface area contributed by atoms with Gasteiger partial charge in [-0.25, -0.2) is 4.39 Å². The molecule has 0 spiro atoms. The second kappa shape index (κ2) is 5.41. The summed E-state index contributed by atoms with van der Waals surface area (Å²) in [5.74, 6) is -0.300. The van der Waals surface area contributed by atoms with Crippen molar-refractivity contribution in [3.8, 4) is 0 Å². The average molecular weight is 291 g/mol. The van der Waals surface area contributed by atoms with Gasteiger partial charge in [-0.15, -0.1) is 0 Å². The van der Waals surface area contributed by atoms with Crippen molar-refractivity contribution in [1.29, 1.82) is 0 Å². The van der Waals surface area contributed by atoms with Crippen LogP contribution in [0.1, 0.15) is 44.1 Å². The van der Waals surface area contributed by atoms with Gasteiger partial charge in [-0.2, -0.15) is 0 Å². The van der Waals surface area contributed by atoms with E-state index in [0.717, 1.165) is 44.1 Å². The van der Waals surface area contributed by atoms with Crippen molar-refractivity contribution >= 4 is 5.91 Å². The second-order valence-corrected chi connectivity index (χ2v) is 6.64. The van der Waals surface area contributed by atoms with E-state index >= 15 is 0 Å². The minimum atomic E-state index is -0.590. The molecule has 0 bridgehead atoms. The number of halogens is 1. The highest BCUT2D eigenvalue weighted by Crippen LogP contribution is 2.45. The molecule has 1 aromatic carbocycles. The van der Waals surface area contributed by atoms with Crippen molar-refractivity contribution in [1.82, 2.24) is 5.32 Å². The summed E-state index contributed by atoms with van der Waals surface area (Å²) in [6, 6.07) is 6.43. The Morgan fingerprint density at radius 2 is 1.95 bits per heavy atom. The van der Waals surface area contributed by atoms with Crippen LogP contribution in [0.5, 0.6) is 0 Å². The van der Waals surface area contributed by atoms with Crippen molar-refractivity contribution in [3.05, 3.63) is 35.6 Å². The number of aliphatic hydroxyl groups is 1. The molecule has 2 saturated carbocycles. The van der Waals surface area contributed by atoms with E-state index in [1.54, 1.807) is 6.07 Å². The van der Waals surface area contributed by atoms with Gasteiger partial charge in [0.15, 0.2) is 0 Å². The molecular formula is C17H22FNO2. The maximum absolute atomic E-state index is 13.5. The fourth-order valence-electron chi connectivity index (χ4n) is 3.42. The third kappa shape index (κ3) is 2.69. The van der Waals surface area contributed by atoms with Gasteiger partial charge in [0.1, 0.15) is 5.82 Å². The molecule has 0 atom stereocenters. The molecule has 0 aromatic heterocycles. The molecule has 1 amide bonds. The Balaban J connectivity index is 1.78. The number of benzene rings is 1. The highest BCUT2D eigenvalue weighted by atomic mass is 19.1. The van der Waals surface area contributed by atoms with Gasteiger partial charge in [0.25, 0.3) is 0 Å². The molecule has 0 unspecified atom stereocenters. The number of hydrogen-bond acceptors (Lipinski definition) is 2. The summed E-state index contributed by atoms with van der Waals surface area (Å²) in [5.41, 5.74) is 0.0942. The Morgan fingerprint density at radius 3 is 2.52 bits per heavy atom. The molecule has 2 fully saturated rings. The molecule has 2 aliphatic rings. The van der Waals surface area contributed by atoms with Gasteiger partial charge in [-0.3, -0.25) is 4.79 Å². The van der Waals surface area contributed by atoms with Crippen LogP contribution in [-0.4, -0.2) is 24.2 Å². The number of nitrogens with one attached hydrogen (secondary N) is 1. The lowest BCUT2D eigenvalue weighted by atomic mass is 9.78. The molecular weight excluding hydrogens is 269 g/mol. The Bertz CT molecular complexity index is 533. The predicted molar refractivity (Wildman–Crippen MR) is 78.3 cm³/mol. The van der Waals surface area contributed by atoms with Gasteiger partial charge < -0.3 is 10.4 Å². The summed E-state index contributed by atoms with van der Waals surface area (Å²) in [6.07, 6.45) is 5.47. The molecule has 0 saturated heterocycles. The van der Waals surface area contributed by atoms with Crippen LogP contribution in [0.15, 0.2) is 24.3 Å². The molecule has 3 rings (SSSR count).